The number of hydrogen-bond acceptors (Lipinski definition) is 6. The van der Waals surface area contributed by atoms with Gasteiger partial charge >= 0.3 is 5.69 Å². The van der Waals surface area contributed by atoms with E-state index in [-0.39, 0.29) is 27.2 Å². The quantitative estimate of drug-likeness (QED) is 0.107. The molecule has 13 heteroatoms. The number of phenols is 3. The minimum absolute atomic E-state index is 0.0427. The minimum atomic E-state index is -0.739. The lowest BCUT2D eigenvalue weighted by Crippen LogP contribution is -1.88. The van der Waals surface area contributed by atoms with Gasteiger partial charge in [0.15, 0.2) is 5.75 Å². The molecule has 0 aromatic heterocycles. The van der Waals surface area contributed by atoms with Gasteiger partial charge in [0.05, 0.1) is 40.7 Å². The first kappa shape index (κ1) is 27.0. The summed E-state index contributed by atoms with van der Waals surface area (Å²) < 4.78 is 0. The maximum Gasteiger partial charge on any atom is 0.312 e. The number of anilines is 1. The Hall–Kier alpha value is -2.00. The number of nitrogen functional groups attached to an aromatic ring is 1. The highest BCUT2D eigenvalue weighted by Gasteiger charge is 2.15. The van der Waals surface area contributed by atoms with Crippen molar-refractivity contribution in [1.29, 1.82) is 0 Å². The number of nitro benzene ring substituents is 1. The van der Waals surface area contributed by atoms with Crippen LogP contribution in [0.1, 0.15) is 0 Å². The lowest BCUT2D eigenvalue weighted by molar-refractivity contribution is -0.385. The number of rotatable bonds is 1. The van der Waals surface area contributed by atoms with Crippen LogP contribution in [0.2, 0.25) is 30.1 Å². The van der Waals surface area contributed by atoms with Gasteiger partial charge in [-0.2, -0.15) is 0 Å². The maximum absolute atomic E-state index is 10.2. The van der Waals surface area contributed by atoms with Gasteiger partial charge in [0, 0.05) is 18.2 Å². The van der Waals surface area contributed by atoms with Crippen LogP contribution >= 0.6 is 69.6 Å². The van der Waals surface area contributed by atoms with Gasteiger partial charge in [-0.05, 0) is 24.3 Å². The van der Waals surface area contributed by atoms with Crippen LogP contribution in [0.4, 0.5) is 11.4 Å². The normalized spacial score (nSPS) is 9.74. The fourth-order valence-corrected chi connectivity index (χ4v) is 2.65. The number of nitro groups is 1. The van der Waals surface area contributed by atoms with Crippen molar-refractivity contribution >= 4 is 81.0 Å². The topological polar surface area (TPSA) is 130 Å². The van der Waals surface area contributed by atoms with Crippen LogP contribution in [0.25, 0.3) is 0 Å². The molecule has 0 atom stereocenters. The van der Waals surface area contributed by atoms with Crippen molar-refractivity contribution in [2.24, 2.45) is 0 Å². The van der Waals surface area contributed by atoms with Crippen LogP contribution in [0.3, 0.4) is 0 Å². The first-order valence-electron chi connectivity index (χ1n) is 7.73. The highest BCUT2D eigenvalue weighted by atomic mass is 35.5. The SMILES string of the molecule is Nc1cc(Cl)c(Cl)cc1O.O=[N+]([O-])c1cc(Cl)c(Cl)cc1O.Oc1ccc(Cl)c(Cl)c1. The molecule has 0 saturated heterocycles. The number of nitrogens with zero attached hydrogens (tertiary/aromatic N) is 1. The second-order valence-electron chi connectivity index (χ2n) is 5.44. The average Bonchev–Trinajstić information content (AvgIpc) is 2.67. The molecule has 0 amide bonds. The molecule has 0 unspecified atom stereocenters. The summed E-state index contributed by atoms with van der Waals surface area (Å²) in [5, 5.41) is 38.6. The van der Waals surface area contributed by atoms with Gasteiger partial charge in [0.1, 0.15) is 11.5 Å². The largest absolute Gasteiger partial charge is 0.508 e. The van der Waals surface area contributed by atoms with Crippen LogP contribution in [0.15, 0.2) is 42.5 Å². The fraction of sp³-hybridized carbons (Fsp3) is 0. The minimum Gasteiger partial charge on any atom is -0.508 e. The fourth-order valence-electron chi connectivity index (χ4n) is 1.71. The van der Waals surface area contributed by atoms with Crippen molar-refractivity contribution in [1.82, 2.24) is 0 Å². The molecule has 5 N–H and O–H groups in total. The Labute approximate surface area is 206 Å². The molecule has 0 radical (unpaired) electrons. The molecule has 3 aromatic carbocycles. The van der Waals surface area contributed by atoms with Crippen LogP contribution in [-0.4, -0.2) is 20.2 Å². The van der Waals surface area contributed by atoms with E-state index in [4.69, 9.17) is 90.7 Å². The summed E-state index contributed by atoms with van der Waals surface area (Å²) in [6.07, 6.45) is 0. The van der Waals surface area contributed by atoms with E-state index < -0.39 is 16.4 Å². The second kappa shape index (κ2) is 12.1. The molecule has 0 aliphatic heterocycles. The van der Waals surface area contributed by atoms with Crippen LogP contribution < -0.4 is 5.73 Å². The Balaban J connectivity index is 0.000000235. The van der Waals surface area contributed by atoms with E-state index in [1.165, 1.54) is 24.3 Å². The van der Waals surface area contributed by atoms with Gasteiger partial charge in [-0.15, -0.1) is 0 Å². The second-order valence-corrected chi connectivity index (χ2v) is 7.88. The van der Waals surface area contributed by atoms with E-state index in [2.05, 4.69) is 0 Å². The summed E-state index contributed by atoms with van der Waals surface area (Å²) in [7, 11) is 0. The Morgan fingerprint density at radius 2 is 1.13 bits per heavy atom. The summed E-state index contributed by atoms with van der Waals surface area (Å²) in [6.45, 7) is 0. The smallest absolute Gasteiger partial charge is 0.312 e. The lowest BCUT2D eigenvalue weighted by Gasteiger charge is -1.99. The first-order chi connectivity index (χ1) is 14.3. The van der Waals surface area contributed by atoms with Crippen LogP contribution in [0.5, 0.6) is 17.2 Å². The molecule has 0 aliphatic rings. The average molecular weight is 549 g/mol. The maximum atomic E-state index is 10.2. The first-order valence-corrected chi connectivity index (χ1v) is 10.00. The van der Waals surface area contributed by atoms with E-state index in [9.17, 15) is 10.1 Å². The molecule has 0 fully saturated rings. The predicted molar refractivity (Wildman–Crippen MR) is 125 cm³/mol. The number of aromatic hydroxyl groups is 3. The van der Waals surface area contributed by atoms with Crippen molar-refractivity contribution in [3.05, 3.63) is 82.7 Å². The lowest BCUT2D eigenvalue weighted by atomic mass is 10.3. The molecule has 0 spiro atoms. The highest BCUT2D eigenvalue weighted by Crippen LogP contribution is 2.34. The summed E-state index contributed by atoms with van der Waals surface area (Å²) in [6, 6.07) is 9.15. The van der Waals surface area contributed by atoms with Crippen molar-refractivity contribution < 1.29 is 20.2 Å². The third-order valence-corrected chi connectivity index (χ3v) is 5.37. The summed E-state index contributed by atoms with van der Waals surface area (Å²) in [4.78, 5) is 9.49. The van der Waals surface area contributed by atoms with Gasteiger partial charge < -0.3 is 21.1 Å². The van der Waals surface area contributed by atoms with Crippen molar-refractivity contribution in [2.45, 2.75) is 0 Å². The molecule has 3 rings (SSSR count). The number of hydrogen-bond donors (Lipinski definition) is 4. The number of nitrogens with two attached hydrogens (primary N) is 1. The Kier molecular flexibility index (Phi) is 10.6. The number of halogens is 6. The highest BCUT2D eigenvalue weighted by molar-refractivity contribution is 6.43. The van der Waals surface area contributed by atoms with Gasteiger partial charge in [-0.3, -0.25) is 10.1 Å². The molecule has 166 valence electrons. The van der Waals surface area contributed by atoms with E-state index in [0.29, 0.717) is 20.1 Å². The third kappa shape index (κ3) is 8.57. The molecule has 7 nitrogen and oxygen atoms in total. The summed E-state index contributed by atoms with van der Waals surface area (Å²) in [5.74, 6) is -0.409. The zero-order valence-corrected chi connectivity index (χ0v) is 19.5. The molecule has 0 bridgehead atoms. The van der Waals surface area contributed by atoms with Crippen molar-refractivity contribution in [3.63, 3.8) is 0 Å². The molecule has 0 heterocycles. The zero-order chi connectivity index (χ0) is 23.9. The number of phenolic OH excluding ortho intramolecular Hbond substituents is 3. The molecule has 3 aromatic rings. The van der Waals surface area contributed by atoms with Gasteiger partial charge in [0.2, 0.25) is 0 Å². The predicted octanol–water partition coefficient (Wildman–Crippen LogP) is 7.59. The van der Waals surface area contributed by atoms with Gasteiger partial charge in [-0.25, -0.2) is 0 Å². The Morgan fingerprint density at radius 3 is 1.58 bits per heavy atom. The van der Waals surface area contributed by atoms with Crippen LogP contribution in [-0.2, 0) is 0 Å². The molecule has 0 saturated carbocycles. The summed E-state index contributed by atoms with van der Waals surface area (Å²) in [5.41, 5.74) is 5.07. The Morgan fingerprint density at radius 1 is 0.677 bits per heavy atom. The van der Waals surface area contributed by atoms with Gasteiger partial charge in [-0.1, -0.05) is 69.6 Å². The molecule has 31 heavy (non-hydrogen) atoms. The van der Waals surface area contributed by atoms with Crippen molar-refractivity contribution in [2.75, 3.05) is 5.73 Å². The zero-order valence-electron chi connectivity index (χ0n) is 15.0. The van der Waals surface area contributed by atoms with Crippen molar-refractivity contribution in [3.8, 4) is 17.2 Å². The van der Waals surface area contributed by atoms with E-state index in [1.54, 1.807) is 6.07 Å². The molecule has 0 aliphatic carbocycles. The summed E-state index contributed by atoms with van der Waals surface area (Å²) >= 11 is 33.1. The van der Waals surface area contributed by atoms with Gasteiger partial charge in [0.25, 0.3) is 0 Å². The van der Waals surface area contributed by atoms with E-state index in [1.807, 2.05) is 0 Å². The van der Waals surface area contributed by atoms with Crippen LogP contribution in [0, 0.1) is 10.1 Å². The monoisotopic (exact) mass is 546 g/mol. The molecular weight excluding hydrogens is 537 g/mol. The standard InChI is InChI=1S/C6H3Cl2NO3.C6H5Cl2NO.C6H4Cl2O/c7-3-1-5(9(11)12)6(10)2-4(3)8;7-3-1-5(9)6(10)2-4(3)8;7-5-2-1-4(9)3-6(5)8/h1-2,10H;1-2,10H,9H2;1-3,9H. The van der Waals surface area contributed by atoms with E-state index in [0.717, 1.165) is 12.1 Å². The number of benzene rings is 3. The Bertz CT molecular complexity index is 1050. The molecular formula is C18H12Cl6N2O5. The third-order valence-electron chi connectivity index (χ3n) is 3.19. The van der Waals surface area contributed by atoms with E-state index >= 15 is 0 Å².